The van der Waals surface area contributed by atoms with Gasteiger partial charge in [-0.15, -0.1) is 0 Å². The molecule has 30 nitrogen and oxygen atoms in total. The second-order valence-corrected chi connectivity index (χ2v) is 8.13. The van der Waals surface area contributed by atoms with Crippen LogP contribution in [0.15, 0.2) is 91.0 Å². The summed E-state index contributed by atoms with van der Waals surface area (Å²) in [5, 5.41) is 215. The topological polar surface area (TPSA) is 607 Å². The van der Waals surface area contributed by atoms with E-state index in [1.807, 2.05) is 0 Å². The molecule has 0 radical (unpaired) electrons. The molecule has 40 heteroatoms. The van der Waals surface area contributed by atoms with Gasteiger partial charge in [0.15, 0.2) is 0 Å². The van der Waals surface area contributed by atoms with Crippen LogP contribution >= 0.6 is 0 Å². The molecule has 59 heavy (non-hydrogen) atoms. The monoisotopic (exact) mass is 864 g/mol. The average molecular weight is 863 g/mol. The minimum absolute atomic E-state index is 0.309. The van der Waals surface area contributed by atoms with Gasteiger partial charge in [0.2, 0.25) is 0 Å². The van der Waals surface area contributed by atoms with Crippen LogP contribution in [0.2, 0.25) is 0 Å². The molecule has 0 aliphatic heterocycles. The zero-order valence-corrected chi connectivity index (χ0v) is 29.9. The molecule has 0 saturated carbocycles. The molecule has 3 aromatic carbocycles. The maximum Gasteiger partial charge on any atom is 0.631 e. The summed E-state index contributed by atoms with van der Waals surface area (Å²) in [6.07, 6.45) is 0. The summed E-state index contributed by atoms with van der Waals surface area (Å²) in [6.45, 7) is 0. The summed E-state index contributed by atoms with van der Waals surface area (Å²) in [6, 6.07) is 32.0. The van der Waals surface area contributed by atoms with Crippen LogP contribution in [-0.4, -0.2) is 224 Å². The van der Waals surface area contributed by atoms with Crippen molar-refractivity contribution in [1.29, 1.82) is 0 Å². The summed E-state index contributed by atoms with van der Waals surface area (Å²) < 4.78 is 0. The third-order valence-electron chi connectivity index (χ3n) is 3.40. The van der Waals surface area contributed by atoms with E-state index < -0.39 is 73.2 Å². The zero-order valence-electron chi connectivity index (χ0n) is 29.9. The van der Waals surface area contributed by atoms with Crippen molar-refractivity contribution in [2.45, 2.75) is 5.92 Å². The van der Waals surface area contributed by atoms with Crippen LogP contribution < -0.4 is 0 Å². The van der Waals surface area contributed by atoms with Crippen molar-refractivity contribution in [3.63, 3.8) is 0 Å². The standard InChI is InChI=1S/C19H16.10BH3O3/c1-4-10-16(11-5-1)19(17-12-6-2-7-13-17)18-14-8-3-9-15-18;10*2-1(3)4/h1-15,19H;10*2-4H. The zero-order chi connectivity index (χ0) is 48.7. The molecule has 0 aliphatic carbocycles. The van der Waals surface area contributed by atoms with E-state index in [1.165, 1.54) is 16.7 Å². The van der Waals surface area contributed by atoms with Gasteiger partial charge in [0, 0.05) is 5.92 Å². The first-order valence-electron chi connectivity index (χ1n) is 14.3. The SMILES string of the molecule is OB(O)O.OB(O)O.OB(O)O.OB(O)O.OB(O)O.OB(O)O.OB(O)O.OB(O)O.OB(O)O.OB(O)O.c1ccc(C(c2ccccc2)c2ccccc2)cc1. The van der Waals surface area contributed by atoms with Gasteiger partial charge in [-0.3, -0.25) is 0 Å². The van der Waals surface area contributed by atoms with Crippen molar-refractivity contribution in [2.75, 3.05) is 0 Å². The molecular weight excluding hydrogens is 816 g/mol. The second kappa shape index (κ2) is 55.1. The van der Waals surface area contributed by atoms with Gasteiger partial charge in [-0.2, -0.15) is 0 Å². The van der Waals surface area contributed by atoms with Gasteiger partial charge in [-0.25, -0.2) is 0 Å². The minimum atomic E-state index is -2.17. The van der Waals surface area contributed by atoms with Gasteiger partial charge in [0.05, 0.1) is 0 Å². The van der Waals surface area contributed by atoms with Crippen molar-refractivity contribution >= 4 is 73.2 Å². The van der Waals surface area contributed by atoms with Crippen LogP contribution in [0.3, 0.4) is 0 Å². The molecule has 332 valence electrons. The number of rotatable bonds is 3. The Labute approximate surface area is 337 Å². The van der Waals surface area contributed by atoms with Gasteiger partial charge < -0.3 is 151 Å². The van der Waals surface area contributed by atoms with Gasteiger partial charge in [-0.1, -0.05) is 91.0 Å². The minimum Gasteiger partial charge on any atom is -0.402 e. The van der Waals surface area contributed by atoms with E-state index in [9.17, 15) is 0 Å². The molecule has 0 heterocycles. The fourth-order valence-corrected chi connectivity index (χ4v) is 2.51. The van der Waals surface area contributed by atoms with Crippen molar-refractivity contribution < 1.29 is 151 Å². The highest BCUT2D eigenvalue weighted by Crippen LogP contribution is 2.31. The lowest BCUT2D eigenvalue weighted by atomic mass is 9.85. The highest BCUT2D eigenvalue weighted by atomic mass is 16.6. The summed E-state index contributed by atoms with van der Waals surface area (Å²) in [7, 11) is -21.7. The highest BCUT2D eigenvalue weighted by molar-refractivity contribution is 6.32. The van der Waals surface area contributed by atoms with E-state index in [0.717, 1.165) is 0 Å². The normalized spacial score (nSPS) is 7.98. The first-order chi connectivity index (χ1) is 26.8. The average Bonchev–Trinajstić information content (AvgIpc) is 3.00. The van der Waals surface area contributed by atoms with Crippen molar-refractivity contribution in [3.8, 4) is 0 Å². The van der Waals surface area contributed by atoms with Crippen LogP contribution in [0.4, 0.5) is 0 Å². The Balaban J connectivity index is -0.0000000910. The number of hydrogen-bond donors (Lipinski definition) is 30. The van der Waals surface area contributed by atoms with Crippen LogP contribution in [0.5, 0.6) is 0 Å². The Bertz CT molecular complexity index is 916. The van der Waals surface area contributed by atoms with E-state index >= 15 is 0 Å². The Hall–Kier alpha value is -2.89. The third-order valence-corrected chi connectivity index (χ3v) is 3.40. The van der Waals surface area contributed by atoms with Crippen molar-refractivity contribution in [2.24, 2.45) is 0 Å². The molecule has 0 amide bonds. The quantitative estimate of drug-likeness (QED) is 0.0858. The van der Waals surface area contributed by atoms with Gasteiger partial charge in [0.25, 0.3) is 0 Å². The summed E-state index contributed by atoms with van der Waals surface area (Å²) in [5.74, 6) is 0.309. The lowest BCUT2D eigenvalue weighted by molar-refractivity contribution is 0.276. The van der Waals surface area contributed by atoms with E-state index in [-0.39, 0.29) is 0 Å². The van der Waals surface area contributed by atoms with Crippen LogP contribution in [0.25, 0.3) is 0 Å². The predicted octanol–water partition coefficient (Wildman–Crippen LogP) is -15.7. The Kier molecular flexibility index (Phi) is 68.8. The lowest BCUT2D eigenvalue weighted by Crippen LogP contribution is -2.07. The van der Waals surface area contributed by atoms with Crippen molar-refractivity contribution in [3.05, 3.63) is 108 Å². The molecule has 0 unspecified atom stereocenters. The Morgan fingerprint density at radius 2 is 0.271 bits per heavy atom. The fourth-order valence-electron chi connectivity index (χ4n) is 2.51. The third kappa shape index (κ3) is 142. The van der Waals surface area contributed by atoms with Gasteiger partial charge >= 0.3 is 73.2 Å². The molecule has 0 fully saturated rings. The fraction of sp³-hybridized carbons (Fsp3) is 0.0526. The van der Waals surface area contributed by atoms with Gasteiger partial charge in [0.1, 0.15) is 0 Å². The maximum atomic E-state index is 7.17. The smallest absolute Gasteiger partial charge is 0.402 e. The van der Waals surface area contributed by atoms with Crippen LogP contribution in [-0.2, 0) is 0 Å². The maximum absolute atomic E-state index is 7.17. The van der Waals surface area contributed by atoms with E-state index in [2.05, 4.69) is 91.0 Å². The number of hydrogen-bond acceptors (Lipinski definition) is 30. The molecule has 0 aliphatic rings. The second-order valence-electron chi connectivity index (χ2n) is 8.13. The van der Waals surface area contributed by atoms with Crippen LogP contribution in [0, 0.1) is 0 Å². The number of benzene rings is 3. The molecule has 0 atom stereocenters. The predicted molar refractivity (Wildman–Crippen MR) is 204 cm³/mol. The lowest BCUT2D eigenvalue weighted by Gasteiger charge is -2.18. The van der Waals surface area contributed by atoms with Crippen molar-refractivity contribution in [1.82, 2.24) is 0 Å². The molecule has 0 aromatic heterocycles. The molecule has 0 bridgehead atoms. The summed E-state index contributed by atoms with van der Waals surface area (Å²) in [4.78, 5) is 0. The summed E-state index contributed by atoms with van der Waals surface area (Å²) >= 11 is 0. The van der Waals surface area contributed by atoms with E-state index in [1.54, 1.807) is 0 Å². The largest absolute Gasteiger partial charge is 0.631 e. The molecule has 0 saturated heterocycles. The van der Waals surface area contributed by atoms with E-state index in [0.29, 0.717) is 5.92 Å². The molecule has 3 rings (SSSR count). The van der Waals surface area contributed by atoms with Crippen LogP contribution in [0.1, 0.15) is 22.6 Å². The highest BCUT2D eigenvalue weighted by Gasteiger charge is 2.15. The first kappa shape index (κ1) is 73.6. The molecule has 30 N–H and O–H groups in total. The van der Waals surface area contributed by atoms with Gasteiger partial charge in [-0.05, 0) is 16.7 Å². The molecule has 3 aromatic rings. The summed E-state index contributed by atoms with van der Waals surface area (Å²) in [5.41, 5.74) is 4.00. The Morgan fingerprint density at radius 3 is 0.356 bits per heavy atom. The molecule has 0 spiro atoms. The molecular formula is C19H46B10O30. The first-order valence-corrected chi connectivity index (χ1v) is 14.3. The van der Waals surface area contributed by atoms with E-state index in [4.69, 9.17) is 151 Å². The Morgan fingerprint density at radius 1 is 0.186 bits per heavy atom.